The summed E-state index contributed by atoms with van der Waals surface area (Å²) in [6.45, 7) is 2.44. The molecule has 2 aliphatic rings. The number of amides is 4. The molecule has 0 radical (unpaired) electrons. The molecule has 1 aromatic carbocycles. The van der Waals surface area contributed by atoms with Crippen molar-refractivity contribution in [3.8, 4) is 0 Å². The highest BCUT2D eigenvalue weighted by atomic mass is 35.5. The zero-order valence-electron chi connectivity index (χ0n) is 21.0. The summed E-state index contributed by atoms with van der Waals surface area (Å²) >= 11 is 7.49. The quantitative estimate of drug-likeness (QED) is 0.468. The van der Waals surface area contributed by atoms with Gasteiger partial charge in [-0.05, 0) is 37.7 Å². The number of fused-ring (bicyclic) bond motifs is 2. The SMILES string of the molecule is CN1CCc2nc(C(=O)N[C@@H]3CN(C(=O)N(C)C)CC[C@@H]3NC(=O)c3cc4cc(Cl)ccc4[nH]3)sc2C1. The molecule has 4 amide bonds. The normalized spacial score (nSPS) is 19.9. The molecule has 196 valence electrons. The van der Waals surface area contributed by atoms with Crippen LogP contribution in [0.4, 0.5) is 4.79 Å². The summed E-state index contributed by atoms with van der Waals surface area (Å²) in [4.78, 5) is 53.3. The number of urea groups is 1. The molecule has 2 atom stereocenters. The number of aromatic amines is 1. The van der Waals surface area contributed by atoms with Gasteiger partial charge in [0.2, 0.25) is 0 Å². The summed E-state index contributed by atoms with van der Waals surface area (Å²) in [6, 6.07) is 6.17. The second-order valence-corrected chi connectivity index (χ2v) is 11.4. The summed E-state index contributed by atoms with van der Waals surface area (Å²) in [5.41, 5.74) is 2.19. The zero-order chi connectivity index (χ0) is 26.3. The first-order valence-electron chi connectivity index (χ1n) is 12.2. The van der Waals surface area contributed by atoms with Gasteiger partial charge in [-0.1, -0.05) is 11.6 Å². The van der Waals surface area contributed by atoms with E-state index in [0.717, 1.165) is 41.0 Å². The summed E-state index contributed by atoms with van der Waals surface area (Å²) in [5, 5.41) is 7.97. The Balaban J connectivity index is 1.34. The Morgan fingerprint density at radius 1 is 1.14 bits per heavy atom. The molecule has 3 N–H and O–H groups in total. The molecular formula is C25H30ClN7O3S. The largest absolute Gasteiger partial charge is 0.351 e. The van der Waals surface area contributed by atoms with E-state index < -0.39 is 6.04 Å². The second-order valence-electron chi connectivity index (χ2n) is 9.86. The van der Waals surface area contributed by atoms with Crippen LogP contribution in [-0.4, -0.2) is 95.4 Å². The van der Waals surface area contributed by atoms with Crippen molar-refractivity contribution in [2.24, 2.45) is 0 Å². The van der Waals surface area contributed by atoms with Gasteiger partial charge in [-0.3, -0.25) is 9.59 Å². The van der Waals surface area contributed by atoms with Gasteiger partial charge in [0.25, 0.3) is 11.8 Å². The Morgan fingerprint density at radius 3 is 2.70 bits per heavy atom. The predicted octanol–water partition coefficient (Wildman–Crippen LogP) is 2.55. The van der Waals surface area contributed by atoms with Gasteiger partial charge >= 0.3 is 6.03 Å². The Morgan fingerprint density at radius 2 is 1.92 bits per heavy atom. The van der Waals surface area contributed by atoms with Crippen molar-refractivity contribution in [3.63, 3.8) is 0 Å². The van der Waals surface area contributed by atoms with E-state index in [-0.39, 0.29) is 30.4 Å². The smallest absolute Gasteiger partial charge is 0.319 e. The molecule has 3 aromatic rings. The number of thiazole rings is 1. The fraction of sp³-hybridized carbons (Fsp3) is 0.440. The number of hydrogen-bond donors (Lipinski definition) is 3. The number of hydrogen-bond acceptors (Lipinski definition) is 6. The van der Waals surface area contributed by atoms with Crippen molar-refractivity contribution in [1.29, 1.82) is 0 Å². The van der Waals surface area contributed by atoms with Crippen molar-refractivity contribution >= 4 is 51.7 Å². The summed E-state index contributed by atoms with van der Waals surface area (Å²) in [7, 11) is 5.45. The van der Waals surface area contributed by atoms with Crippen LogP contribution in [0, 0.1) is 0 Å². The number of nitrogens with zero attached hydrogens (tertiary/aromatic N) is 4. The Labute approximate surface area is 224 Å². The topological polar surface area (TPSA) is 114 Å². The number of likely N-dealkylation sites (N-methyl/N-ethyl adjacent to an activating group) is 1. The lowest BCUT2D eigenvalue weighted by Gasteiger charge is -2.39. The number of piperidine rings is 1. The van der Waals surface area contributed by atoms with Gasteiger partial charge in [-0.15, -0.1) is 11.3 Å². The maximum atomic E-state index is 13.3. The highest BCUT2D eigenvalue weighted by Crippen LogP contribution is 2.25. The van der Waals surface area contributed by atoms with Crippen molar-refractivity contribution in [2.75, 3.05) is 40.8 Å². The van der Waals surface area contributed by atoms with Crippen LogP contribution in [0.15, 0.2) is 24.3 Å². The average molecular weight is 544 g/mol. The zero-order valence-corrected chi connectivity index (χ0v) is 22.6. The molecule has 0 bridgehead atoms. The third kappa shape index (κ3) is 5.43. The molecule has 0 spiro atoms. The lowest BCUT2D eigenvalue weighted by atomic mass is 9.98. The number of likely N-dealkylation sites (tertiary alicyclic amines) is 1. The summed E-state index contributed by atoms with van der Waals surface area (Å²) < 4.78 is 0. The molecule has 0 aliphatic carbocycles. The van der Waals surface area contributed by atoms with Gasteiger partial charge in [0.15, 0.2) is 5.01 Å². The molecule has 0 saturated carbocycles. The van der Waals surface area contributed by atoms with Gasteiger partial charge in [-0.2, -0.15) is 0 Å². The second kappa shape index (κ2) is 10.3. The van der Waals surface area contributed by atoms with E-state index in [4.69, 9.17) is 11.6 Å². The fourth-order valence-corrected chi connectivity index (χ4v) is 6.12. The van der Waals surface area contributed by atoms with Crippen molar-refractivity contribution < 1.29 is 14.4 Å². The number of H-pyrrole nitrogens is 1. The first-order valence-corrected chi connectivity index (χ1v) is 13.4. The van der Waals surface area contributed by atoms with Crippen LogP contribution >= 0.6 is 22.9 Å². The van der Waals surface area contributed by atoms with Crippen LogP contribution in [0.1, 0.15) is 37.3 Å². The molecule has 2 aliphatic heterocycles. The molecule has 4 heterocycles. The number of carbonyl (C=O) groups is 3. The molecule has 2 aromatic heterocycles. The predicted molar refractivity (Wildman–Crippen MR) is 143 cm³/mol. The van der Waals surface area contributed by atoms with Gasteiger partial charge in [0, 0.05) is 67.5 Å². The van der Waals surface area contributed by atoms with Gasteiger partial charge in [0.05, 0.1) is 17.8 Å². The minimum Gasteiger partial charge on any atom is -0.351 e. The van der Waals surface area contributed by atoms with Gasteiger partial charge in [0.1, 0.15) is 5.69 Å². The van der Waals surface area contributed by atoms with Crippen LogP contribution in [0.3, 0.4) is 0 Å². The van der Waals surface area contributed by atoms with E-state index in [2.05, 4.69) is 32.5 Å². The highest BCUT2D eigenvalue weighted by molar-refractivity contribution is 7.13. The molecule has 1 fully saturated rings. The Bertz CT molecular complexity index is 1350. The molecule has 0 unspecified atom stereocenters. The third-order valence-electron chi connectivity index (χ3n) is 6.84. The van der Waals surface area contributed by atoms with Crippen LogP contribution in [0.25, 0.3) is 10.9 Å². The number of nitrogens with one attached hydrogen (secondary N) is 3. The lowest BCUT2D eigenvalue weighted by Crippen LogP contribution is -2.62. The van der Waals surface area contributed by atoms with E-state index in [9.17, 15) is 14.4 Å². The van der Waals surface area contributed by atoms with Crippen LogP contribution in [0.2, 0.25) is 5.02 Å². The fourth-order valence-electron chi connectivity index (χ4n) is 4.85. The van der Waals surface area contributed by atoms with Crippen LogP contribution < -0.4 is 10.6 Å². The molecule has 37 heavy (non-hydrogen) atoms. The number of benzene rings is 1. The molecule has 1 saturated heterocycles. The standard InChI is InChI=1S/C25H30ClN7O3S/c1-31(2)25(36)33-9-7-17(28-22(34)19-11-14-10-15(26)4-5-16(14)27-19)20(12-33)29-23(35)24-30-18-6-8-32(3)13-21(18)37-24/h4-5,10-11,17,20,27H,6-9,12-13H2,1-3H3,(H,28,34)(H,29,35)/t17-,20+/m0/s1. The minimum absolute atomic E-state index is 0.135. The maximum Gasteiger partial charge on any atom is 0.319 e. The van der Waals surface area contributed by atoms with Crippen LogP contribution in [-0.2, 0) is 13.0 Å². The average Bonchev–Trinajstić information content (AvgIpc) is 3.48. The molecule has 5 rings (SSSR count). The van der Waals surface area contributed by atoms with E-state index >= 15 is 0 Å². The lowest BCUT2D eigenvalue weighted by molar-refractivity contribution is 0.0814. The first kappa shape index (κ1) is 25.5. The monoisotopic (exact) mass is 543 g/mol. The third-order valence-corrected chi connectivity index (χ3v) is 8.16. The van der Waals surface area contributed by atoms with E-state index in [0.29, 0.717) is 28.7 Å². The maximum absolute atomic E-state index is 13.3. The van der Waals surface area contributed by atoms with Crippen molar-refractivity contribution in [1.82, 2.24) is 35.3 Å². The Kier molecular flexibility index (Phi) is 7.11. The molecule has 10 nitrogen and oxygen atoms in total. The van der Waals surface area contributed by atoms with Crippen molar-refractivity contribution in [2.45, 2.75) is 31.5 Å². The molecule has 12 heteroatoms. The van der Waals surface area contributed by atoms with Gasteiger partial charge in [-0.25, -0.2) is 9.78 Å². The first-order chi connectivity index (χ1) is 17.7. The number of halogens is 1. The van der Waals surface area contributed by atoms with Gasteiger partial charge < -0.3 is 30.3 Å². The number of rotatable bonds is 4. The number of carbonyl (C=O) groups excluding carboxylic acids is 3. The van der Waals surface area contributed by atoms with E-state index in [1.54, 1.807) is 37.2 Å². The Hall–Kier alpha value is -3.15. The highest BCUT2D eigenvalue weighted by Gasteiger charge is 2.35. The van der Waals surface area contributed by atoms with E-state index in [1.165, 1.54) is 16.2 Å². The van der Waals surface area contributed by atoms with E-state index in [1.807, 2.05) is 6.07 Å². The minimum atomic E-state index is -0.475. The molecular weight excluding hydrogens is 514 g/mol. The van der Waals surface area contributed by atoms with Crippen molar-refractivity contribution in [3.05, 3.63) is 50.6 Å². The number of aromatic nitrogens is 2. The summed E-state index contributed by atoms with van der Waals surface area (Å²) in [5.74, 6) is -0.567. The van der Waals surface area contributed by atoms with Crippen LogP contribution in [0.5, 0.6) is 0 Å². The summed E-state index contributed by atoms with van der Waals surface area (Å²) in [6.07, 6.45) is 1.32.